The van der Waals surface area contributed by atoms with Crippen molar-refractivity contribution < 1.29 is 32.3 Å². The van der Waals surface area contributed by atoms with Gasteiger partial charge in [0.2, 0.25) is 5.91 Å². The van der Waals surface area contributed by atoms with E-state index in [0.29, 0.717) is 44.2 Å². The zero-order chi connectivity index (χ0) is 40.4. The van der Waals surface area contributed by atoms with E-state index in [0.717, 1.165) is 92.9 Å². The van der Waals surface area contributed by atoms with E-state index < -0.39 is 23.3 Å². The van der Waals surface area contributed by atoms with Crippen LogP contribution in [0, 0.1) is 17.2 Å². The molecule has 6 heterocycles. The fourth-order valence-electron chi connectivity index (χ4n) is 8.80. The number of hydrogen-bond donors (Lipinski definition) is 2. The van der Waals surface area contributed by atoms with Gasteiger partial charge in [-0.25, -0.2) is 4.79 Å². The van der Waals surface area contributed by atoms with Gasteiger partial charge in [-0.1, -0.05) is 0 Å². The number of carbonyl (C=O) groups excluding carboxylic acids is 3. The number of likely N-dealkylation sites (tertiary alicyclic amines) is 1. The molecule has 4 fully saturated rings. The summed E-state index contributed by atoms with van der Waals surface area (Å²) in [7, 11) is 0. The number of pyridine rings is 1. The number of fused-ring (bicyclic) bond motifs is 1. The highest BCUT2D eigenvalue weighted by Crippen LogP contribution is 2.36. The van der Waals surface area contributed by atoms with Crippen LogP contribution in [0.4, 0.5) is 29.5 Å². The van der Waals surface area contributed by atoms with E-state index in [9.17, 15) is 27.6 Å². The second-order valence-corrected chi connectivity index (χ2v) is 15.7. The highest BCUT2D eigenvalue weighted by Gasteiger charge is 2.35. The third kappa shape index (κ3) is 9.39. The first-order valence-corrected chi connectivity index (χ1v) is 20.0. The van der Waals surface area contributed by atoms with Crippen LogP contribution in [0.25, 0.3) is 10.9 Å². The number of anilines is 2. The van der Waals surface area contributed by atoms with Gasteiger partial charge in [-0.15, -0.1) is 22.6 Å². The number of aromatic nitrogens is 4. The first-order valence-electron chi connectivity index (χ1n) is 20.0. The summed E-state index contributed by atoms with van der Waals surface area (Å²) in [5.74, 6) is 0.820. The fraction of sp³-hybridized carbons (Fsp3) is 0.488. The van der Waals surface area contributed by atoms with Gasteiger partial charge in [-0.05, 0) is 93.7 Å². The number of piperidine rings is 2. The molecule has 4 aromatic rings. The molecule has 1 aromatic carbocycles. The molecular formula is C41H46ClF3N10O4. The van der Waals surface area contributed by atoms with E-state index >= 15 is 0 Å². The Kier molecular flexibility index (Phi) is 12.6. The van der Waals surface area contributed by atoms with Crippen LogP contribution in [0.2, 0.25) is 0 Å². The van der Waals surface area contributed by atoms with Crippen molar-refractivity contribution in [3.05, 3.63) is 71.8 Å². The van der Waals surface area contributed by atoms with E-state index in [1.165, 1.54) is 6.07 Å². The van der Waals surface area contributed by atoms with Crippen LogP contribution >= 0.6 is 12.4 Å². The Hall–Kier alpha value is -5.47. The third-order valence-corrected chi connectivity index (χ3v) is 12.0. The first kappa shape index (κ1) is 41.7. The molecule has 4 aliphatic rings. The van der Waals surface area contributed by atoms with Gasteiger partial charge in [0.1, 0.15) is 5.75 Å². The van der Waals surface area contributed by atoms with Crippen molar-refractivity contribution in [2.75, 3.05) is 49.1 Å². The molecule has 1 aliphatic carbocycles. The minimum Gasteiger partial charge on any atom is -0.490 e. The predicted octanol–water partition coefficient (Wildman–Crippen LogP) is 6.26. The number of ether oxygens (including phenoxy) is 1. The molecule has 4 amide bonds. The molecule has 0 unspecified atom stereocenters. The lowest BCUT2D eigenvalue weighted by molar-refractivity contribution is -0.138. The molecule has 0 radical (unpaired) electrons. The van der Waals surface area contributed by atoms with Gasteiger partial charge in [-0.2, -0.15) is 18.4 Å². The predicted molar refractivity (Wildman–Crippen MR) is 214 cm³/mol. The molecule has 8 rings (SSSR count). The highest BCUT2D eigenvalue weighted by atomic mass is 35.5. The number of urea groups is 1. The average molecular weight is 835 g/mol. The second-order valence-electron chi connectivity index (χ2n) is 15.7. The fourth-order valence-corrected chi connectivity index (χ4v) is 8.80. The van der Waals surface area contributed by atoms with Crippen molar-refractivity contribution >= 4 is 52.7 Å². The van der Waals surface area contributed by atoms with Crippen LogP contribution in [-0.2, 0) is 11.0 Å². The number of imide groups is 1. The van der Waals surface area contributed by atoms with Crippen molar-refractivity contribution in [3.8, 4) is 11.8 Å². The quantitative estimate of drug-likeness (QED) is 0.197. The number of benzene rings is 1. The molecule has 312 valence electrons. The van der Waals surface area contributed by atoms with E-state index in [-0.39, 0.29) is 54.2 Å². The van der Waals surface area contributed by atoms with Gasteiger partial charge in [-0.3, -0.25) is 24.8 Å². The zero-order valence-corrected chi connectivity index (χ0v) is 33.2. The summed E-state index contributed by atoms with van der Waals surface area (Å²) in [6.45, 7) is 5.12. The number of amides is 4. The molecule has 59 heavy (non-hydrogen) atoms. The number of nitrogens with zero attached hydrogens (tertiary/aromatic N) is 8. The normalized spacial score (nSPS) is 21.1. The molecule has 0 bridgehead atoms. The monoisotopic (exact) mass is 834 g/mol. The van der Waals surface area contributed by atoms with E-state index in [1.807, 2.05) is 18.3 Å². The molecule has 2 N–H and O–H groups in total. The van der Waals surface area contributed by atoms with Gasteiger partial charge in [0, 0.05) is 69.4 Å². The van der Waals surface area contributed by atoms with Gasteiger partial charge in [0.25, 0.3) is 5.91 Å². The lowest BCUT2D eigenvalue weighted by Gasteiger charge is -2.38. The Morgan fingerprint density at radius 1 is 0.932 bits per heavy atom. The van der Waals surface area contributed by atoms with Crippen LogP contribution in [0.5, 0.6) is 5.75 Å². The number of carbonyl (C=O) groups is 3. The largest absolute Gasteiger partial charge is 0.490 e. The zero-order valence-electron chi connectivity index (χ0n) is 32.4. The van der Waals surface area contributed by atoms with Crippen molar-refractivity contribution in [3.63, 3.8) is 0 Å². The van der Waals surface area contributed by atoms with Gasteiger partial charge < -0.3 is 24.4 Å². The van der Waals surface area contributed by atoms with Gasteiger partial charge in [0.05, 0.1) is 46.9 Å². The first-order chi connectivity index (χ1) is 28.0. The summed E-state index contributed by atoms with van der Waals surface area (Å²) in [5, 5.41) is 24.0. The summed E-state index contributed by atoms with van der Waals surface area (Å²) in [6, 6.07) is 10.4. The molecule has 14 nitrogen and oxygen atoms in total. The number of nitrogens with one attached hydrogen (secondary N) is 2. The minimum atomic E-state index is -4.65. The Balaban J connectivity index is 0.00000528. The third-order valence-electron chi connectivity index (χ3n) is 12.0. The Labute approximate surface area is 345 Å². The number of alkyl halides is 3. The number of halogens is 4. The molecule has 0 spiro atoms. The highest BCUT2D eigenvalue weighted by molar-refractivity contribution is 6.09. The van der Waals surface area contributed by atoms with E-state index in [2.05, 4.69) is 46.4 Å². The maximum atomic E-state index is 13.4. The molecular weight excluding hydrogens is 789 g/mol. The van der Waals surface area contributed by atoms with Crippen LogP contribution in [0.3, 0.4) is 0 Å². The molecule has 18 heteroatoms. The Morgan fingerprint density at radius 2 is 1.69 bits per heavy atom. The van der Waals surface area contributed by atoms with Crippen molar-refractivity contribution in [2.45, 2.75) is 82.2 Å². The maximum Gasteiger partial charge on any atom is 0.417 e. The van der Waals surface area contributed by atoms with Crippen LogP contribution < -0.4 is 25.2 Å². The summed E-state index contributed by atoms with van der Waals surface area (Å²) in [5.41, 5.74) is 0.486. The van der Waals surface area contributed by atoms with Crippen LogP contribution in [-0.4, -0.2) is 93.9 Å². The summed E-state index contributed by atoms with van der Waals surface area (Å²) in [4.78, 5) is 48.0. The standard InChI is InChI=1S/C41H45F3N10O4.ClH/c42-41(43,44)33-21-31(4-1-27(33)22-45)58-30-5-2-28(3-6-30)47-39(56)34-7-8-37(50-49-34)52-17-9-26(10-18-52)25-51-15-11-29(12-16-51)53-19-13-32-35(53)23-46-24-36(32)54-20-14-38(55)48-40(54)57;/h1,4,7-8,13,19,21,23-24,26,28-30H,2-3,5-6,9-12,14-18,20,25H2,(H,47,56)(H,48,55,57);1H/t28-,30-;. The van der Waals surface area contributed by atoms with Crippen molar-refractivity contribution in [1.82, 2.24) is 35.3 Å². The number of rotatable bonds is 9. The average Bonchev–Trinajstić information content (AvgIpc) is 3.67. The molecule has 1 saturated carbocycles. The Morgan fingerprint density at radius 3 is 2.37 bits per heavy atom. The summed E-state index contributed by atoms with van der Waals surface area (Å²) >= 11 is 0. The second kappa shape index (κ2) is 17.8. The topological polar surface area (TPSA) is 162 Å². The smallest absolute Gasteiger partial charge is 0.417 e. The summed E-state index contributed by atoms with van der Waals surface area (Å²) < 4.78 is 48.2. The van der Waals surface area contributed by atoms with Gasteiger partial charge >= 0.3 is 12.2 Å². The minimum absolute atomic E-state index is 0. The lowest BCUT2D eigenvalue weighted by Crippen LogP contribution is -2.49. The van der Waals surface area contributed by atoms with E-state index in [4.69, 9.17) is 10.00 Å². The Bertz CT molecular complexity index is 2190. The van der Waals surface area contributed by atoms with Crippen molar-refractivity contribution in [2.24, 2.45) is 5.92 Å². The molecule has 0 atom stereocenters. The SMILES string of the molecule is Cl.N#Cc1ccc(O[C@H]2CC[C@H](NC(=O)c3ccc(N4CCC(CN5CCC(n6ccc7c(N8CCC(=O)NC8=O)cncc76)CC5)CC4)nn3)CC2)cc1C(F)(F)F. The van der Waals surface area contributed by atoms with E-state index in [1.54, 1.807) is 23.2 Å². The number of hydrogen-bond acceptors (Lipinski definition) is 10. The molecule has 3 saturated heterocycles. The lowest BCUT2D eigenvalue weighted by atomic mass is 9.92. The molecule has 3 aromatic heterocycles. The maximum absolute atomic E-state index is 13.4. The van der Waals surface area contributed by atoms with Crippen molar-refractivity contribution in [1.29, 1.82) is 5.26 Å². The van der Waals surface area contributed by atoms with Gasteiger partial charge in [0.15, 0.2) is 11.5 Å². The summed E-state index contributed by atoms with van der Waals surface area (Å²) in [6.07, 6.45) is 7.40. The van der Waals surface area contributed by atoms with Crippen LogP contribution in [0.1, 0.15) is 85.4 Å². The molecule has 3 aliphatic heterocycles. The number of nitriles is 1. The van der Waals surface area contributed by atoms with Crippen LogP contribution in [0.15, 0.2) is 55.0 Å².